The van der Waals surface area contributed by atoms with Gasteiger partial charge >= 0.3 is 0 Å². The molecule has 0 aliphatic rings. The lowest BCUT2D eigenvalue weighted by Crippen LogP contribution is -2.30. The van der Waals surface area contributed by atoms with E-state index in [1.54, 1.807) is 6.08 Å². The molecule has 4 heteroatoms. The predicted octanol–water partition coefficient (Wildman–Crippen LogP) is 2.38. The van der Waals surface area contributed by atoms with Gasteiger partial charge in [0, 0.05) is 11.4 Å². The zero-order valence-corrected chi connectivity index (χ0v) is 10.4. The van der Waals surface area contributed by atoms with Crippen molar-refractivity contribution in [2.45, 2.75) is 26.3 Å². The molecule has 0 fully saturated rings. The van der Waals surface area contributed by atoms with Crippen LogP contribution in [0.1, 0.15) is 25.8 Å². The van der Waals surface area contributed by atoms with Gasteiger partial charge in [-0.15, -0.1) is 0 Å². The molecule has 0 amide bonds. The average Bonchev–Trinajstić information content (AvgIpc) is 2.27. The van der Waals surface area contributed by atoms with Crippen LogP contribution >= 0.6 is 0 Å². The normalized spacial score (nSPS) is 14.1. The lowest BCUT2D eigenvalue weighted by atomic mass is 10.2. The van der Waals surface area contributed by atoms with Crippen LogP contribution in [0.3, 0.4) is 0 Å². The quantitative estimate of drug-likeness (QED) is 0.857. The largest absolute Gasteiger partial charge is 0.233 e. The second-order valence-corrected chi connectivity index (χ2v) is 5.28. The standard InChI is InChI=1S/C12H17NO2S/c1-3-11(2)13-16(14,15)10-9-12-7-5-4-6-8-12/h4-11,13H,3H2,1-2H3/b10-9-/t11-/m0/s1. The summed E-state index contributed by atoms with van der Waals surface area (Å²) in [6.07, 6.45) is 2.36. The molecular formula is C12H17NO2S. The fourth-order valence-corrected chi connectivity index (χ4v) is 2.28. The molecule has 0 aromatic heterocycles. The van der Waals surface area contributed by atoms with Crippen molar-refractivity contribution in [2.75, 3.05) is 0 Å². The van der Waals surface area contributed by atoms with Crippen LogP contribution in [0.5, 0.6) is 0 Å². The molecule has 0 aliphatic carbocycles. The van der Waals surface area contributed by atoms with Crippen molar-refractivity contribution in [3.05, 3.63) is 41.3 Å². The van der Waals surface area contributed by atoms with Crippen LogP contribution in [0.2, 0.25) is 0 Å². The number of hydrogen-bond donors (Lipinski definition) is 1. The van der Waals surface area contributed by atoms with E-state index in [1.807, 2.05) is 44.2 Å². The summed E-state index contributed by atoms with van der Waals surface area (Å²) < 4.78 is 25.7. The van der Waals surface area contributed by atoms with E-state index in [-0.39, 0.29) is 6.04 Å². The van der Waals surface area contributed by atoms with Gasteiger partial charge in [-0.05, 0) is 25.0 Å². The van der Waals surface area contributed by atoms with Crippen LogP contribution in [-0.4, -0.2) is 14.5 Å². The van der Waals surface area contributed by atoms with Crippen LogP contribution in [0.4, 0.5) is 0 Å². The maximum atomic E-state index is 11.6. The summed E-state index contributed by atoms with van der Waals surface area (Å²) in [5.74, 6) is 0. The Morgan fingerprint density at radius 3 is 2.50 bits per heavy atom. The van der Waals surface area contributed by atoms with E-state index in [1.165, 1.54) is 5.41 Å². The highest BCUT2D eigenvalue weighted by molar-refractivity contribution is 7.92. The van der Waals surface area contributed by atoms with Crippen LogP contribution < -0.4 is 4.72 Å². The van der Waals surface area contributed by atoms with Crippen LogP contribution in [-0.2, 0) is 10.0 Å². The molecule has 0 saturated heterocycles. The predicted molar refractivity (Wildman–Crippen MR) is 67.3 cm³/mol. The molecule has 0 unspecified atom stereocenters. The molecule has 1 aromatic carbocycles. The summed E-state index contributed by atoms with van der Waals surface area (Å²) in [4.78, 5) is 0. The minimum absolute atomic E-state index is 0.0366. The van der Waals surface area contributed by atoms with Gasteiger partial charge in [-0.3, -0.25) is 0 Å². The average molecular weight is 239 g/mol. The van der Waals surface area contributed by atoms with Gasteiger partial charge < -0.3 is 0 Å². The third-order valence-corrected chi connectivity index (χ3v) is 3.44. The Labute approximate surface area is 97.2 Å². The summed E-state index contributed by atoms with van der Waals surface area (Å²) >= 11 is 0. The van der Waals surface area contributed by atoms with Gasteiger partial charge in [0.2, 0.25) is 10.0 Å². The molecule has 0 bridgehead atoms. The Hall–Kier alpha value is -1.13. The summed E-state index contributed by atoms with van der Waals surface area (Å²) in [7, 11) is -3.32. The zero-order valence-electron chi connectivity index (χ0n) is 9.55. The highest BCUT2D eigenvalue weighted by atomic mass is 32.2. The van der Waals surface area contributed by atoms with E-state index >= 15 is 0 Å². The van der Waals surface area contributed by atoms with Crippen molar-refractivity contribution >= 4 is 16.1 Å². The first-order valence-corrected chi connectivity index (χ1v) is 6.83. The fourth-order valence-electron chi connectivity index (χ4n) is 1.14. The first kappa shape index (κ1) is 12.9. The van der Waals surface area contributed by atoms with Crippen molar-refractivity contribution in [3.63, 3.8) is 0 Å². The Morgan fingerprint density at radius 2 is 1.94 bits per heavy atom. The number of sulfonamides is 1. The monoisotopic (exact) mass is 239 g/mol. The maximum absolute atomic E-state index is 11.6. The Balaban J connectivity index is 2.70. The highest BCUT2D eigenvalue weighted by Crippen LogP contribution is 2.03. The van der Waals surface area contributed by atoms with Crippen LogP contribution in [0.25, 0.3) is 6.08 Å². The third kappa shape index (κ3) is 4.59. The molecular weight excluding hydrogens is 222 g/mol. The number of rotatable bonds is 5. The molecule has 1 aromatic rings. The lowest BCUT2D eigenvalue weighted by molar-refractivity contribution is 0.564. The molecule has 3 nitrogen and oxygen atoms in total. The van der Waals surface area contributed by atoms with Gasteiger partial charge in [0.05, 0.1) is 0 Å². The number of benzene rings is 1. The van der Waals surface area contributed by atoms with E-state index in [0.29, 0.717) is 0 Å². The Kier molecular flexibility index (Phi) is 4.71. The summed E-state index contributed by atoms with van der Waals surface area (Å²) in [5.41, 5.74) is 0.872. The lowest BCUT2D eigenvalue weighted by Gasteiger charge is -2.08. The second-order valence-electron chi connectivity index (χ2n) is 3.69. The summed E-state index contributed by atoms with van der Waals surface area (Å²) in [6.45, 7) is 3.78. The molecule has 1 N–H and O–H groups in total. The van der Waals surface area contributed by atoms with E-state index in [9.17, 15) is 8.42 Å². The zero-order chi connectivity index (χ0) is 12.0. The van der Waals surface area contributed by atoms with Gasteiger partial charge in [-0.1, -0.05) is 37.3 Å². The molecule has 16 heavy (non-hydrogen) atoms. The van der Waals surface area contributed by atoms with Gasteiger partial charge in [0.15, 0.2) is 0 Å². The molecule has 0 saturated carbocycles. The molecule has 0 radical (unpaired) electrons. The highest BCUT2D eigenvalue weighted by Gasteiger charge is 2.08. The number of hydrogen-bond acceptors (Lipinski definition) is 2. The first-order chi connectivity index (χ1) is 7.53. The molecule has 0 spiro atoms. The van der Waals surface area contributed by atoms with E-state index < -0.39 is 10.0 Å². The Morgan fingerprint density at radius 1 is 1.31 bits per heavy atom. The molecule has 0 heterocycles. The third-order valence-electron chi connectivity index (χ3n) is 2.22. The summed E-state index contributed by atoms with van der Waals surface area (Å²) in [6, 6.07) is 9.31. The Bertz CT molecular complexity index is 437. The topological polar surface area (TPSA) is 46.2 Å². The molecule has 88 valence electrons. The smallest absolute Gasteiger partial charge is 0.209 e. The SMILES string of the molecule is CC[C@H](C)NS(=O)(=O)/C=C\c1ccccc1. The van der Waals surface area contributed by atoms with Crippen molar-refractivity contribution in [1.29, 1.82) is 0 Å². The van der Waals surface area contributed by atoms with E-state index in [2.05, 4.69) is 4.72 Å². The van der Waals surface area contributed by atoms with Gasteiger partial charge in [-0.2, -0.15) is 0 Å². The maximum Gasteiger partial charge on any atom is 0.233 e. The second kappa shape index (κ2) is 5.82. The molecule has 1 atom stereocenters. The van der Waals surface area contributed by atoms with Gasteiger partial charge in [0.1, 0.15) is 0 Å². The van der Waals surface area contributed by atoms with Crippen molar-refractivity contribution < 1.29 is 8.42 Å². The van der Waals surface area contributed by atoms with Crippen molar-refractivity contribution in [1.82, 2.24) is 4.72 Å². The minimum Gasteiger partial charge on any atom is -0.209 e. The molecule has 0 aliphatic heterocycles. The molecule has 1 rings (SSSR count). The van der Waals surface area contributed by atoms with E-state index in [0.717, 1.165) is 12.0 Å². The number of nitrogens with one attached hydrogen (secondary N) is 1. The first-order valence-electron chi connectivity index (χ1n) is 5.29. The van der Waals surface area contributed by atoms with Crippen molar-refractivity contribution in [3.8, 4) is 0 Å². The van der Waals surface area contributed by atoms with Crippen LogP contribution in [0.15, 0.2) is 35.7 Å². The fraction of sp³-hybridized carbons (Fsp3) is 0.333. The van der Waals surface area contributed by atoms with Crippen LogP contribution in [0, 0.1) is 0 Å². The van der Waals surface area contributed by atoms with Crippen molar-refractivity contribution in [2.24, 2.45) is 0 Å². The van der Waals surface area contributed by atoms with E-state index in [4.69, 9.17) is 0 Å². The van der Waals surface area contributed by atoms with Gasteiger partial charge in [0.25, 0.3) is 0 Å². The minimum atomic E-state index is -3.32. The van der Waals surface area contributed by atoms with Gasteiger partial charge in [-0.25, -0.2) is 13.1 Å². The summed E-state index contributed by atoms with van der Waals surface area (Å²) in [5, 5.41) is 1.20.